The van der Waals surface area contributed by atoms with Gasteiger partial charge < -0.3 is 11.1 Å². The van der Waals surface area contributed by atoms with Crippen LogP contribution in [0, 0.1) is 6.92 Å². The summed E-state index contributed by atoms with van der Waals surface area (Å²) in [4.78, 5) is 26.6. The van der Waals surface area contributed by atoms with Gasteiger partial charge in [-0.1, -0.05) is 17.7 Å². The molecule has 0 amide bonds. The molecule has 0 unspecified atom stereocenters. The second-order valence-electron chi connectivity index (χ2n) is 5.03. The summed E-state index contributed by atoms with van der Waals surface area (Å²) < 4.78 is 0. The largest absolute Gasteiger partial charge is 0.385 e. The summed E-state index contributed by atoms with van der Waals surface area (Å²) in [5.74, 6) is 0.0422. The van der Waals surface area contributed by atoms with Gasteiger partial charge in [0.15, 0.2) is 11.2 Å². The molecule has 2 heterocycles. The molecule has 0 radical (unpaired) electrons. The summed E-state index contributed by atoms with van der Waals surface area (Å²) in [7, 11) is 0. The summed E-state index contributed by atoms with van der Waals surface area (Å²) in [5.41, 5.74) is 8.57. The predicted octanol–water partition coefficient (Wildman–Crippen LogP) is 1.26. The highest BCUT2D eigenvalue weighted by Gasteiger charge is 2.06. The number of fused-ring (bicyclic) bond motifs is 1. The lowest BCUT2D eigenvalue weighted by Gasteiger charge is -2.06. The molecule has 0 saturated carbocycles. The van der Waals surface area contributed by atoms with Crippen LogP contribution in [0.2, 0.25) is 0 Å². The highest BCUT2D eigenvalue weighted by atomic mass is 16.1. The Hall–Kier alpha value is -2.96. The van der Waals surface area contributed by atoms with Crippen molar-refractivity contribution in [3.05, 3.63) is 52.1 Å². The van der Waals surface area contributed by atoms with Crippen LogP contribution in [-0.2, 0) is 6.42 Å². The molecule has 22 heavy (non-hydrogen) atoms. The van der Waals surface area contributed by atoms with Gasteiger partial charge in [0, 0.05) is 18.7 Å². The number of aromatic nitrogens is 4. The van der Waals surface area contributed by atoms with Crippen molar-refractivity contribution >= 4 is 22.8 Å². The molecule has 7 nitrogen and oxygen atoms in total. The Balaban J connectivity index is 1.71. The zero-order valence-electron chi connectivity index (χ0n) is 12.1. The molecule has 7 heteroatoms. The molecule has 4 N–H and O–H groups in total. The van der Waals surface area contributed by atoms with E-state index in [1.807, 2.05) is 31.2 Å². The van der Waals surface area contributed by atoms with Gasteiger partial charge in [-0.2, -0.15) is 4.98 Å². The lowest BCUT2D eigenvalue weighted by atomic mass is 10.2. The van der Waals surface area contributed by atoms with Gasteiger partial charge in [0.05, 0.1) is 11.9 Å². The first-order chi connectivity index (χ1) is 10.6. The first-order valence-electron chi connectivity index (χ1n) is 6.94. The Kier molecular flexibility index (Phi) is 3.69. The van der Waals surface area contributed by atoms with Crippen molar-refractivity contribution in [1.82, 2.24) is 19.9 Å². The number of aromatic amines is 1. The van der Waals surface area contributed by atoms with Crippen LogP contribution in [0.4, 0.5) is 11.6 Å². The Morgan fingerprint density at radius 1 is 1.23 bits per heavy atom. The number of nitrogens with zero attached hydrogens (tertiary/aromatic N) is 3. The molecule has 112 valence electrons. The molecule has 0 atom stereocenters. The Morgan fingerprint density at radius 2 is 2.00 bits per heavy atom. The van der Waals surface area contributed by atoms with Gasteiger partial charge in [-0.05, 0) is 19.1 Å². The van der Waals surface area contributed by atoms with Gasteiger partial charge in [0.2, 0.25) is 5.95 Å². The molecule has 0 fully saturated rings. The first kappa shape index (κ1) is 14.0. The lowest BCUT2D eigenvalue weighted by molar-refractivity contribution is 0.950. The summed E-state index contributed by atoms with van der Waals surface area (Å²) >= 11 is 0. The SMILES string of the molecule is Cc1ccc(NCCc2cnc3nc(N)[nH]c(=O)c3n2)cc1. The standard InChI is InChI=1S/C15H16N6O/c1-9-2-4-10(5-3-9)17-7-6-11-8-18-13-12(19-11)14(22)21-15(16)20-13/h2-5,8,17H,6-7H2,1H3,(H3,16,18,20,21,22). The third kappa shape index (κ3) is 3.03. The fourth-order valence-electron chi connectivity index (χ4n) is 2.10. The second-order valence-corrected chi connectivity index (χ2v) is 5.03. The molecule has 0 spiro atoms. The fourth-order valence-corrected chi connectivity index (χ4v) is 2.10. The van der Waals surface area contributed by atoms with Gasteiger partial charge in [-0.25, -0.2) is 9.97 Å². The smallest absolute Gasteiger partial charge is 0.280 e. The average molecular weight is 296 g/mol. The first-order valence-corrected chi connectivity index (χ1v) is 6.94. The van der Waals surface area contributed by atoms with Crippen molar-refractivity contribution < 1.29 is 0 Å². The third-order valence-electron chi connectivity index (χ3n) is 3.25. The fraction of sp³-hybridized carbons (Fsp3) is 0.200. The van der Waals surface area contributed by atoms with Crippen molar-refractivity contribution in [3.8, 4) is 0 Å². The van der Waals surface area contributed by atoms with E-state index in [1.165, 1.54) is 5.56 Å². The number of H-pyrrole nitrogens is 1. The van der Waals surface area contributed by atoms with Gasteiger partial charge in [-0.3, -0.25) is 9.78 Å². The number of rotatable bonds is 4. The van der Waals surface area contributed by atoms with E-state index in [-0.39, 0.29) is 22.7 Å². The number of hydrogen-bond acceptors (Lipinski definition) is 6. The Bertz CT molecular complexity index is 856. The molecule has 0 aliphatic carbocycles. The van der Waals surface area contributed by atoms with Crippen molar-refractivity contribution in [2.45, 2.75) is 13.3 Å². The van der Waals surface area contributed by atoms with Crippen LogP contribution in [0.1, 0.15) is 11.3 Å². The summed E-state index contributed by atoms with van der Waals surface area (Å²) in [6.45, 7) is 2.75. The van der Waals surface area contributed by atoms with E-state index in [1.54, 1.807) is 6.20 Å². The van der Waals surface area contributed by atoms with E-state index in [0.717, 1.165) is 11.4 Å². The van der Waals surface area contributed by atoms with Crippen molar-refractivity contribution in [2.24, 2.45) is 0 Å². The van der Waals surface area contributed by atoms with Gasteiger partial charge in [0.25, 0.3) is 5.56 Å². The number of nitrogens with one attached hydrogen (secondary N) is 2. The number of hydrogen-bond donors (Lipinski definition) is 3. The van der Waals surface area contributed by atoms with Crippen LogP contribution in [0.5, 0.6) is 0 Å². The zero-order chi connectivity index (χ0) is 15.5. The highest BCUT2D eigenvalue weighted by molar-refractivity contribution is 5.69. The van der Waals surface area contributed by atoms with E-state index in [2.05, 4.69) is 25.3 Å². The number of nitrogen functional groups attached to an aromatic ring is 1. The highest BCUT2D eigenvalue weighted by Crippen LogP contribution is 2.09. The molecule has 3 rings (SSSR count). The minimum Gasteiger partial charge on any atom is -0.385 e. The van der Waals surface area contributed by atoms with Gasteiger partial charge in [0.1, 0.15) is 0 Å². The minimum atomic E-state index is -0.372. The number of anilines is 2. The van der Waals surface area contributed by atoms with E-state index in [0.29, 0.717) is 13.0 Å². The third-order valence-corrected chi connectivity index (χ3v) is 3.25. The van der Waals surface area contributed by atoms with Crippen molar-refractivity contribution in [3.63, 3.8) is 0 Å². The molecule has 1 aromatic carbocycles. The summed E-state index contributed by atoms with van der Waals surface area (Å²) in [6, 6.07) is 8.15. The van der Waals surface area contributed by atoms with E-state index in [9.17, 15) is 4.79 Å². The van der Waals surface area contributed by atoms with Crippen LogP contribution >= 0.6 is 0 Å². The van der Waals surface area contributed by atoms with Crippen LogP contribution in [0.25, 0.3) is 11.2 Å². The second kappa shape index (κ2) is 5.80. The maximum atomic E-state index is 11.8. The molecule has 0 bridgehead atoms. The van der Waals surface area contributed by atoms with Crippen LogP contribution in [-0.4, -0.2) is 26.5 Å². The number of benzene rings is 1. The number of nitrogens with two attached hydrogens (primary N) is 1. The van der Waals surface area contributed by atoms with Crippen molar-refractivity contribution in [2.75, 3.05) is 17.6 Å². The molecule has 0 aliphatic rings. The topological polar surface area (TPSA) is 110 Å². The summed E-state index contributed by atoms with van der Waals surface area (Å²) in [5, 5.41) is 3.30. The molecular formula is C15H16N6O. The van der Waals surface area contributed by atoms with Crippen LogP contribution in [0.15, 0.2) is 35.3 Å². The number of aryl methyl sites for hydroxylation is 1. The molecule has 3 aromatic rings. The predicted molar refractivity (Wildman–Crippen MR) is 85.7 cm³/mol. The molecule has 2 aromatic heterocycles. The van der Waals surface area contributed by atoms with Crippen LogP contribution in [0.3, 0.4) is 0 Å². The van der Waals surface area contributed by atoms with E-state index >= 15 is 0 Å². The maximum Gasteiger partial charge on any atom is 0.280 e. The van der Waals surface area contributed by atoms with E-state index < -0.39 is 0 Å². The van der Waals surface area contributed by atoms with Crippen LogP contribution < -0.4 is 16.6 Å². The Morgan fingerprint density at radius 3 is 2.77 bits per heavy atom. The average Bonchev–Trinajstić information content (AvgIpc) is 2.50. The maximum absolute atomic E-state index is 11.8. The van der Waals surface area contributed by atoms with E-state index in [4.69, 9.17) is 5.73 Å². The summed E-state index contributed by atoms with van der Waals surface area (Å²) in [6.07, 6.45) is 2.27. The molecule has 0 saturated heterocycles. The quantitative estimate of drug-likeness (QED) is 0.668. The molecule has 0 aliphatic heterocycles. The lowest BCUT2D eigenvalue weighted by Crippen LogP contribution is -2.15. The van der Waals surface area contributed by atoms with Gasteiger partial charge >= 0.3 is 0 Å². The minimum absolute atomic E-state index is 0.0422. The van der Waals surface area contributed by atoms with Gasteiger partial charge in [-0.15, -0.1) is 0 Å². The zero-order valence-corrected chi connectivity index (χ0v) is 12.1. The monoisotopic (exact) mass is 296 g/mol. The normalized spacial score (nSPS) is 10.8. The molecular weight excluding hydrogens is 280 g/mol. The van der Waals surface area contributed by atoms with Crippen molar-refractivity contribution in [1.29, 1.82) is 0 Å². The Labute approximate surface area is 126 Å².